The zero-order valence-electron chi connectivity index (χ0n) is 17.8. The van der Waals surface area contributed by atoms with Crippen molar-refractivity contribution in [2.75, 3.05) is 11.1 Å². The molecular formula is C23H18ClN5O4S. The highest BCUT2D eigenvalue weighted by atomic mass is 35.5. The molecule has 11 heteroatoms. The predicted octanol–water partition coefficient (Wildman–Crippen LogP) is 3.23. The Morgan fingerprint density at radius 3 is 2.50 bits per heavy atom. The Bertz CT molecular complexity index is 1520. The molecule has 0 atom stereocenters. The number of allylic oxidation sites excluding steroid dienone is 1. The van der Waals surface area contributed by atoms with Gasteiger partial charge >= 0.3 is 5.69 Å². The Morgan fingerprint density at radius 2 is 1.79 bits per heavy atom. The van der Waals surface area contributed by atoms with Crippen molar-refractivity contribution in [2.45, 2.75) is 5.16 Å². The Hall–Kier alpha value is -3.89. The summed E-state index contributed by atoms with van der Waals surface area (Å²) < 4.78 is 0.934. The van der Waals surface area contributed by atoms with Crippen LogP contribution in [0.4, 0.5) is 5.69 Å². The molecule has 2 aromatic heterocycles. The van der Waals surface area contributed by atoms with Crippen LogP contribution < -0.4 is 16.6 Å². The van der Waals surface area contributed by atoms with Gasteiger partial charge in [-0.2, -0.15) is 0 Å². The molecule has 0 bridgehead atoms. The van der Waals surface area contributed by atoms with E-state index in [-0.39, 0.29) is 28.6 Å². The molecule has 4 aromatic rings. The number of benzene rings is 2. The van der Waals surface area contributed by atoms with E-state index in [1.54, 1.807) is 42.5 Å². The number of aromatic nitrogens is 4. The molecule has 0 aliphatic carbocycles. The molecule has 0 fully saturated rings. The minimum absolute atomic E-state index is 0.0227. The van der Waals surface area contributed by atoms with Crippen LogP contribution in [-0.2, 0) is 11.8 Å². The molecule has 0 aliphatic rings. The molecule has 0 saturated heterocycles. The molecule has 172 valence electrons. The van der Waals surface area contributed by atoms with E-state index in [0.29, 0.717) is 21.4 Å². The summed E-state index contributed by atoms with van der Waals surface area (Å²) in [6.07, 6.45) is 3.18. The highest BCUT2D eigenvalue weighted by Gasteiger charge is 2.12. The number of nitrogens with zero attached hydrogens (tertiary/aromatic N) is 2. The molecule has 2 heterocycles. The number of H-pyrrole nitrogens is 2. The van der Waals surface area contributed by atoms with Crippen LogP contribution in [0.3, 0.4) is 0 Å². The lowest BCUT2D eigenvalue weighted by Crippen LogP contribution is -2.32. The average molecular weight is 496 g/mol. The fourth-order valence-corrected chi connectivity index (χ4v) is 3.80. The quantitative estimate of drug-likeness (QED) is 0.205. The average Bonchev–Trinajstić information content (AvgIpc) is 3.24. The fraction of sp³-hybridized carbons (Fsp3) is 0.0870. The van der Waals surface area contributed by atoms with E-state index in [1.807, 2.05) is 12.1 Å². The van der Waals surface area contributed by atoms with Crippen LogP contribution in [0, 0.1) is 0 Å². The lowest BCUT2D eigenvalue weighted by Gasteiger charge is -2.05. The van der Waals surface area contributed by atoms with E-state index in [0.717, 1.165) is 21.9 Å². The molecule has 0 aliphatic heterocycles. The number of aromatic amines is 2. The van der Waals surface area contributed by atoms with Gasteiger partial charge in [0.2, 0.25) is 5.91 Å². The minimum Gasteiger partial charge on any atom is -0.327 e. The largest absolute Gasteiger partial charge is 0.329 e. The topological polar surface area (TPSA) is 130 Å². The normalized spacial score (nSPS) is 11.2. The number of hydrogen-bond acceptors (Lipinski definition) is 6. The van der Waals surface area contributed by atoms with Crippen molar-refractivity contribution in [2.24, 2.45) is 7.05 Å². The summed E-state index contributed by atoms with van der Waals surface area (Å²) in [4.78, 5) is 57.9. The molecule has 4 rings (SSSR count). The second-order valence-electron chi connectivity index (χ2n) is 7.22. The Kier molecular flexibility index (Phi) is 6.80. The van der Waals surface area contributed by atoms with Gasteiger partial charge in [-0.25, -0.2) is 9.78 Å². The van der Waals surface area contributed by atoms with E-state index in [1.165, 1.54) is 13.1 Å². The van der Waals surface area contributed by atoms with Gasteiger partial charge in [0, 0.05) is 23.3 Å². The summed E-state index contributed by atoms with van der Waals surface area (Å²) in [5.41, 5.74) is 1.11. The van der Waals surface area contributed by atoms with Crippen molar-refractivity contribution in [3.8, 4) is 0 Å². The molecule has 0 saturated carbocycles. The van der Waals surface area contributed by atoms with Gasteiger partial charge in [0.05, 0.1) is 5.75 Å². The maximum Gasteiger partial charge on any atom is 0.329 e. The molecule has 34 heavy (non-hydrogen) atoms. The number of carbonyl (C=O) groups is 2. The van der Waals surface area contributed by atoms with Crippen molar-refractivity contribution in [1.29, 1.82) is 0 Å². The van der Waals surface area contributed by atoms with Crippen LogP contribution in [0.2, 0.25) is 5.02 Å². The van der Waals surface area contributed by atoms with Crippen molar-refractivity contribution in [1.82, 2.24) is 19.5 Å². The van der Waals surface area contributed by atoms with Gasteiger partial charge in [0.1, 0.15) is 0 Å². The predicted molar refractivity (Wildman–Crippen MR) is 133 cm³/mol. The zero-order chi connectivity index (χ0) is 24.2. The highest BCUT2D eigenvalue weighted by Crippen LogP contribution is 2.17. The first kappa shape index (κ1) is 23.3. The van der Waals surface area contributed by atoms with Gasteiger partial charge in [0.25, 0.3) is 5.56 Å². The summed E-state index contributed by atoms with van der Waals surface area (Å²) in [6.45, 7) is 0. The van der Waals surface area contributed by atoms with Gasteiger partial charge in [-0.3, -0.25) is 23.9 Å². The molecule has 3 N–H and O–H groups in total. The van der Waals surface area contributed by atoms with Gasteiger partial charge in [0.15, 0.2) is 22.1 Å². The number of rotatable bonds is 7. The van der Waals surface area contributed by atoms with E-state index in [2.05, 4.69) is 20.3 Å². The fourth-order valence-electron chi connectivity index (χ4n) is 3.00. The van der Waals surface area contributed by atoms with Gasteiger partial charge < -0.3 is 10.3 Å². The first-order valence-electron chi connectivity index (χ1n) is 10.00. The van der Waals surface area contributed by atoms with E-state index < -0.39 is 11.2 Å². The number of halogens is 1. The number of carbonyl (C=O) groups excluding carboxylic acids is 2. The van der Waals surface area contributed by atoms with E-state index >= 15 is 0 Å². The van der Waals surface area contributed by atoms with E-state index in [4.69, 9.17) is 11.6 Å². The zero-order valence-corrected chi connectivity index (χ0v) is 19.4. The third-order valence-electron chi connectivity index (χ3n) is 4.82. The third kappa shape index (κ3) is 5.36. The second kappa shape index (κ2) is 9.94. The standard InChI is InChI=1S/C23H18ClN5O4S/c1-29-21(32)19-20(28-23(29)33)27-22(26-19)34-12-18(31)25-16-9-5-14(6-10-16)17(30)11-4-13-2-7-15(24)8-3-13/h2-11H,12H2,1H3,(H,25,31)(H,26,27)(H,28,33)/b11-4+. The lowest BCUT2D eigenvalue weighted by molar-refractivity contribution is -0.113. The summed E-state index contributed by atoms with van der Waals surface area (Å²) in [7, 11) is 1.36. The SMILES string of the molecule is Cn1c(=O)[nH]c2nc(SCC(=O)Nc3ccc(C(=O)/C=C/c4ccc(Cl)cc4)cc3)[nH]c2c1=O. The number of imidazole rings is 1. The number of ketones is 1. The molecule has 0 radical (unpaired) electrons. The molecule has 0 unspecified atom stereocenters. The van der Waals surface area contributed by atoms with Crippen LogP contribution in [0.15, 0.2) is 69.4 Å². The molecule has 1 amide bonds. The van der Waals surface area contributed by atoms with Gasteiger partial charge in [-0.1, -0.05) is 41.6 Å². The second-order valence-corrected chi connectivity index (χ2v) is 8.62. The van der Waals surface area contributed by atoms with Crippen molar-refractivity contribution < 1.29 is 9.59 Å². The molecule has 2 aromatic carbocycles. The van der Waals surface area contributed by atoms with Crippen LogP contribution in [0.5, 0.6) is 0 Å². The third-order valence-corrected chi connectivity index (χ3v) is 5.95. The minimum atomic E-state index is -0.569. The summed E-state index contributed by atoms with van der Waals surface area (Å²) in [5, 5.41) is 3.69. The number of hydrogen-bond donors (Lipinski definition) is 3. The van der Waals surface area contributed by atoms with Crippen LogP contribution in [0.25, 0.3) is 17.2 Å². The van der Waals surface area contributed by atoms with Crippen molar-refractivity contribution in [3.63, 3.8) is 0 Å². The molecule has 9 nitrogen and oxygen atoms in total. The van der Waals surface area contributed by atoms with Crippen LogP contribution in [0.1, 0.15) is 15.9 Å². The number of fused-ring (bicyclic) bond motifs is 1. The Balaban J connectivity index is 1.34. The summed E-state index contributed by atoms with van der Waals surface area (Å²) in [6, 6.07) is 13.7. The first-order valence-corrected chi connectivity index (χ1v) is 11.4. The molecular weight excluding hydrogens is 478 g/mol. The van der Waals surface area contributed by atoms with Crippen LogP contribution in [-0.4, -0.2) is 37.0 Å². The number of nitrogens with one attached hydrogen (secondary N) is 3. The van der Waals surface area contributed by atoms with Crippen molar-refractivity contribution in [3.05, 3.63) is 91.6 Å². The number of thioether (sulfide) groups is 1. The smallest absolute Gasteiger partial charge is 0.327 e. The van der Waals surface area contributed by atoms with Gasteiger partial charge in [-0.05, 0) is 48.0 Å². The highest BCUT2D eigenvalue weighted by molar-refractivity contribution is 7.99. The van der Waals surface area contributed by atoms with E-state index in [9.17, 15) is 19.2 Å². The molecule has 0 spiro atoms. The summed E-state index contributed by atoms with van der Waals surface area (Å²) in [5.74, 6) is -0.444. The number of amides is 1. The number of anilines is 1. The van der Waals surface area contributed by atoms with Crippen LogP contribution >= 0.6 is 23.4 Å². The summed E-state index contributed by atoms with van der Waals surface area (Å²) >= 11 is 6.94. The van der Waals surface area contributed by atoms with Crippen molar-refractivity contribution >= 4 is 58.0 Å². The monoisotopic (exact) mass is 495 g/mol. The Morgan fingerprint density at radius 1 is 1.09 bits per heavy atom. The first-order chi connectivity index (χ1) is 16.3. The maximum atomic E-state index is 12.4. The Labute approximate surface area is 201 Å². The maximum absolute atomic E-state index is 12.4. The van der Waals surface area contributed by atoms with Gasteiger partial charge in [-0.15, -0.1) is 0 Å². The lowest BCUT2D eigenvalue weighted by atomic mass is 10.1.